The Labute approximate surface area is 163 Å². The summed E-state index contributed by atoms with van der Waals surface area (Å²) in [5, 5.41) is 3.81. The Morgan fingerprint density at radius 1 is 1.07 bits per heavy atom. The molecule has 0 bridgehead atoms. The summed E-state index contributed by atoms with van der Waals surface area (Å²) in [4.78, 5) is 28.6. The number of nitrogens with one attached hydrogen (secondary N) is 2. The van der Waals surface area contributed by atoms with E-state index in [1.807, 2.05) is 60.8 Å². The number of esters is 1. The van der Waals surface area contributed by atoms with Crippen LogP contribution in [-0.4, -0.2) is 37.1 Å². The van der Waals surface area contributed by atoms with Crippen LogP contribution in [0, 0.1) is 0 Å². The van der Waals surface area contributed by atoms with Crippen LogP contribution in [0.3, 0.4) is 0 Å². The number of H-pyrrole nitrogens is 1. The minimum absolute atomic E-state index is 0.303. The van der Waals surface area contributed by atoms with Crippen molar-refractivity contribution in [2.45, 2.75) is 25.0 Å². The molecule has 1 amide bonds. The van der Waals surface area contributed by atoms with E-state index in [-0.39, 0.29) is 0 Å². The molecule has 28 heavy (non-hydrogen) atoms. The van der Waals surface area contributed by atoms with Crippen LogP contribution < -0.4 is 5.32 Å². The summed E-state index contributed by atoms with van der Waals surface area (Å²) in [6.45, 7) is 1.68. The fraction of sp³-hybridized carbons (Fsp3) is 0.273. The third kappa shape index (κ3) is 3.77. The zero-order chi connectivity index (χ0) is 20.1. The van der Waals surface area contributed by atoms with Gasteiger partial charge in [0.2, 0.25) is 0 Å². The van der Waals surface area contributed by atoms with Gasteiger partial charge in [-0.15, -0.1) is 0 Å². The molecule has 1 aromatic heterocycles. The number of aromatic amines is 1. The van der Waals surface area contributed by atoms with Crippen molar-refractivity contribution in [3.05, 3.63) is 71.9 Å². The average molecular weight is 380 g/mol. The first kappa shape index (κ1) is 19.6. The Bertz CT molecular complexity index is 967. The summed E-state index contributed by atoms with van der Waals surface area (Å²) < 4.78 is 10.5. The van der Waals surface area contributed by atoms with Gasteiger partial charge in [-0.05, 0) is 24.1 Å². The summed E-state index contributed by atoms with van der Waals surface area (Å²) in [6, 6.07) is 16.1. The largest absolute Gasteiger partial charge is 0.467 e. The number of para-hydroxylation sites is 1. The minimum Gasteiger partial charge on any atom is -0.467 e. The van der Waals surface area contributed by atoms with Crippen molar-refractivity contribution < 1.29 is 19.1 Å². The van der Waals surface area contributed by atoms with Gasteiger partial charge in [-0.2, -0.15) is 0 Å². The first-order valence-electron chi connectivity index (χ1n) is 9.04. The van der Waals surface area contributed by atoms with Crippen molar-refractivity contribution in [1.82, 2.24) is 10.3 Å². The molecule has 0 aliphatic heterocycles. The number of ether oxygens (including phenoxy) is 2. The number of rotatable bonds is 7. The van der Waals surface area contributed by atoms with Crippen molar-refractivity contribution in [1.29, 1.82) is 0 Å². The van der Waals surface area contributed by atoms with Crippen LogP contribution in [0.2, 0.25) is 0 Å². The van der Waals surface area contributed by atoms with Crippen LogP contribution in [0.15, 0.2) is 60.8 Å². The number of benzene rings is 2. The molecule has 2 N–H and O–H groups in total. The van der Waals surface area contributed by atoms with Gasteiger partial charge >= 0.3 is 5.97 Å². The molecule has 2 aromatic carbocycles. The van der Waals surface area contributed by atoms with Crippen LogP contribution in [-0.2, 0) is 31.1 Å². The normalized spacial score (nSPS) is 14.2. The monoisotopic (exact) mass is 380 g/mol. The van der Waals surface area contributed by atoms with Crippen LogP contribution in [0.1, 0.15) is 18.1 Å². The standard InChI is InChI=1S/C22H24N2O4/c1-22(28-3,16-9-5-4-6-10-16)21(26)24-19(20(25)27-2)13-15-14-23-18-12-8-7-11-17(15)18/h4-12,14,19,23H,13H2,1-3H3,(H,24,26)/t19?,22-/m0/s1. The molecule has 0 aliphatic carbocycles. The summed E-state index contributed by atoms with van der Waals surface area (Å²) >= 11 is 0. The maximum Gasteiger partial charge on any atom is 0.328 e. The van der Waals surface area contributed by atoms with E-state index < -0.39 is 23.5 Å². The molecule has 0 saturated carbocycles. The van der Waals surface area contributed by atoms with Gasteiger partial charge in [0.15, 0.2) is 5.60 Å². The molecule has 146 valence electrons. The number of carbonyl (C=O) groups excluding carboxylic acids is 2. The van der Waals surface area contributed by atoms with Crippen LogP contribution in [0.4, 0.5) is 0 Å². The number of hydrogen-bond donors (Lipinski definition) is 2. The van der Waals surface area contributed by atoms with Gasteiger partial charge in [0.05, 0.1) is 7.11 Å². The summed E-state index contributed by atoms with van der Waals surface area (Å²) in [6.07, 6.45) is 2.15. The molecular formula is C22H24N2O4. The first-order chi connectivity index (χ1) is 13.5. The maximum absolute atomic E-state index is 13.1. The zero-order valence-corrected chi connectivity index (χ0v) is 16.2. The van der Waals surface area contributed by atoms with E-state index in [4.69, 9.17) is 9.47 Å². The van der Waals surface area contributed by atoms with Crippen LogP contribution >= 0.6 is 0 Å². The lowest BCUT2D eigenvalue weighted by Gasteiger charge is -2.29. The second kappa shape index (κ2) is 8.27. The molecular weight excluding hydrogens is 356 g/mol. The van der Waals surface area contributed by atoms with Crippen molar-refractivity contribution in [2.24, 2.45) is 0 Å². The maximum atomic E-state index is 13.1. The minimum atomic E-state index is -1.23. The Morgan fingerprint density at radius 3 is 2.43 bits per heavy atom. The Hall–Kier alpha value is -3.12. The molecule has 0 radical (unpaired) electrons. The first-order valence-corrected chi connectivity index (χ1v) is 9.04. The second-order valence-corrected chi connectivity index (χ2v) is 6.72. The van der Waals surface area contributed by atoms with E-state index in [0.29, 0.717) is 12.0 Å². The molecule has 0 saturated heterocycles. The van der Waals surface area contributed by atoms with Gasteiger partial charge < -0.3 is 19.8 Å². The van der Waals surface area contributed by atoms with Gasteiger partial charge in [-0.25, -0.2) is 4.79 Å². The van der Waals surface area contributed by atoms with E-state index in [2.05, 4.69) is 10.3 Å². The number of carbonyl (C=O) groups is 2. The topological polar surface area (TPSA) is 80.4 Å². The third-order valence-electron chi connectivity index (χ3n) is 5.06. The Morgan fingerprint density at radius 2 is 1.75 bits per heavy atom. The van der Waals surface area contributed by atoms with E-state index in [9.17, 15) is 9.59 Å². The highest BCUT2D eigenvalue weighted by molar-refractivity contribution is 5.91. The number of methoxy groups -OCH3 is 2. The van der Waals surface area contributed by atoms with E-state index in [0.717, 1.165) is 16.5 Å². The molecule has 1 heterocycles. The van der Waals surface area contributed by atoms with Crippen molar-refractivity contribution >= 4 is 22.8 Å². The fourth-order valence-corrected chi connectivity index (χ4v) is 3.25. The van der Waals surface area contributed by atoms with E-state index in [1.54, 1.807) is 6.92 Å². The van der Waals surface area contributed by atoms with Gasteiger partial charge in [0.25, 0.3) is 5.91 Å². The lowest BCUT2D eigenvalue weighted by atomic mass is 9.94. The summed E-state index contributed by atoms with van der Waals surface area (Å²) in [5.74, 6) is -0.915. The van der Waals surface area contributed by atoms with Gasteiger partial charge in [-0.3, -0.25) is 4.79 Å². The predicted molar refractivity (Wildman–Crippen MR) is 107 cm³/mol. The molecule has 0 aliphatic rings. The molecule has 6 heteroatoms. The molecule has 3 rings (SSSR count). The molecule has 1 unspecified atom stereocenters. The van der Waals surface area contributed by atoms with Gasteiger partial charge in [0.1, 0.15) is 6.04 Å². The van der Waals surface area contributed by atoms with Gasteiger partial charge in [-0.1, -0.05) is 48.5 Å². The molecule has 0 spiro atoms. The third-order valence-corrected chi connectivity index (χ3v) is 5.06. The van der Waals surface area contributed by atoms with Crippen molar-refractivity contribution in [2.75, 3.05) is 14.2 Å². The molecule has 6 nitrogen and oxygen atoms in total. The second-order valence-electron chi connectivity index (χ2n) is 6.72. The Kier molecular flexibility index (Phi) is 5.80. The van der Waals surface area contributed by atoms with Crippen LogP contribution in [0.5, 0.6) is 0 Å². The quantitative estimate of drug-likeness (QED) is 0.618. The molecule has 0 fully saturated rings. The number of amides is 1. The lowest BCUT2D eigenvalue weighted by molar-refractivity contribution is -0.150. The highest BCUT2D eigenvalue weighted by Crippen LogP contribution is 2.25. The summed E-state index contributed by atoms with van der Waals surface area (Å²) in [5.41, 5.74) is 1.36. The van der Waals surface area contributed by atoms with E-state index in [1.165, 1.54) is 14.2 Å². The zero-order valence-electron chi connectivity index (χ0n) is 16.2. The molecule has 2 atom stereocenters. The number of hydrogen-bond acceptors (Lipinski definition) is 4. The lowest BCUT2D eigenvalue weighted by Crippen LogP contribution is -2.51. The van der Waals surface area contributed by atoms with Crippen LogP contribution in [0.25, 0.3) is 10.9 Å². The van der Waals surface area contributed by atoms with Crippen molar-refractivity contribution in [3.8, 4) is 0 Å². The summed E-state index contributed by atoms with van der Waals surface area (Å²) in [7, 11) is 2.78. The van der Waals surface area contributed by atoms with Gasteiger partial charge in [0, 0.05) is 30.6 Å². The number of fused-ring (bicyclic) bond motifs is 1. The highest BCUT2D eigenvalue weighted by Gasteiger charge is 2.37. The average Bonchev–Trinajstić information content (AvgIpc) is 3.15. The Balaban J connectivity index is 1.86. The molecule has 3 aromatic rings. The highest BCUT2D eigenvalue weighted by atomic mass is 16.5. The smallest absolute Gasteiger partial charge is 0.328 e. The van der Waals surface area contributed by atoms with Crippen molar-refractivity contribution in [3.63, 3.8) is 0 Å². The predicted octanol–water partition coefficient (Wildman–Crippen LogP) is 2.93. The van der Waals surface area contributed by atoms with E-state index >= 15 is 0 Å². The fourth-order valence-electron chi connectivity index (χ4n) is 3.25. The number of aromatic nitrogens is 1. The SMILES string of the molecule is COC(=O)C(Cc1c[nH]c2ccccc12)NC(=O)[C@@](C)(OC)c1ccccc1.